The number of aliphatic hydroxyl groups is 1. The molecule has 1 fully saturated rings. The van der Waals surface area contributed by atoms with E-state index in [0.717, 1.165) is 42.3 Å². The lowest BCUT2D eigenvalue weighted by atomic mass is 9.94. The lowest BCUT2D eigenvalue weighted by Gasteiger charge is -2.32. The third kappa shape index (κ3) is 3.27. The number of para-hydroxylation sites is 1. The van der Waals surface area contributed by atoms with E-state index in [1.165, 1.54) is 0 Å². The molecule has 0 bridgehead atoms. The number of anilines is 1. The molecule has 2 heterocycles. The summed E-state index contributed by atoms with van der Waals surface area (Å²) in [6.07, 6.45) is 3.82. The third-order valence-electron chi connectivity index (χ3n) is 6.58. The van der Waals surface area contributed by atoms with Crippen molar-refractivity contribution < 1.29 is 19.1 Å². The Morgan fingerprint density at radius 3 is 2.41 bits per heavy atom. The summed E-state index contributed by atoms with van der Waals surface area (Å²) in [6, 6.07) is 16.2. The van der Waals surface area contributed by atoms with E-state index in [0.29, 0.717) is 5.58 Å². The fourth-order valence-electron chi connectivity index (χ4n) is 4.92. The van der Waals surface area contributed by atoms with Gasteiger partial charge in [-0.25, -0.2) is 0 Å². The molecule has 1 saturated carbocycles. The van der Waals surface area contributed by atoms with Crippen molar-refractivity contribution in [1.82, 2.24) is 4.90 Å². The highest BCUT2D eigenvalue weighted by Crippen LogP contribution is 2.43. The molecule has 6 heteroatoms. The highest BCUT2D eigenvalue weighted by atomic mass is 16.3. The van der Waals surface area contributed by atoms with Crippen LogP contribution in [0.5, 0.6) is 0 Å². The standard InChI is InChI=1S/C26H26N2O4/c1-27(2)18-13-11-16(12-14-18)23-22(25(30)26(31)28(23)19-8-4-5-9-19)24(29)21-15-17-7-3-6-10-20(17)32-21/h3,6-7,10-15,19,23,30H,4-5,8-9H2,1-2H3. The van der Waals surface area contributed by atoms with Crippen LogP contribution in [0.4, 0.5) is 5.69 Å². The number of amides is 1. The van der Waals surface area contributed by atoms with Gasteiger partial charge in [0.2, 0.25) is 5.78 Å². The monoisotopic (exact) mass is 430 g/mol. The second-order valence-electron chi connectivity index (χ2n) is 8.78. The summed E-state index contributed by atoms with van der Waals surface area (Å²) in [4.78, 5) is 30.5. The zero-order chi connectivity index (χ0) is 22.4. The third-order valence-corrected chi connectivity index (χ3v) is 6.58. The maximum absolute atomic E-state index is 13.6. The summed E-state index contributed by atoms with van der Waals surface area (Å²) < 4.78 is 5.79. The van der Waals surface area contributed by atoms with Crippen molar-refractivity contribution >= 4 is 28.3 Å². The average Bonchev–Trinajstić information content (AvgIpc) is 3.52. The minimum absolute atomic E-state index is 0.00384. The predicted molar refractivity (Wildman–Crippen MR) is 123 cm³/mol. The summed E-state index contributed by atoms with van der Waals surface area (Å²) >= 11 is 0. The summed E-state index contributed by atoms with van der Waals surface area (Å²) in [5.74, 6) is -1.26. The number of hydrogen-bond donors (Lipinski definition) is 1. The molecule has 2 aliphatic rings. The van der Waals surface area contributed by atoms with Crippen LogP contribution >= 0.6 is 0 Å². The van der Waals surface area contributed by atoms with Crippen molar-refractivity contribution in [1.29, 1.82) is 0 Å². The van der Waals surface area contributed by atoms with Crippen LogP contribution < -0.4 is 4.90 Å². The number of Topliss-reactive ketones (excluding diaryl/α,β-unsaturated/α-hetero) is 1. The molecule has 1 atom stereocenters. The van der Waals surface area contributed by atoms with Crippen LogP contribution in [0.1, 0.15) is 47.8 Å². The molecular weight excluding hydrogens is 404 g/mol. The van der Waals surface area contributed by atoms with Gasteiger partial charge < -0.3 is 19.3 Å². The van der Waals surface area contributed by atoms with Crippen LogP contribution in [0.15, 0.2) is 70.3 Å². The Morgan fingerprint density at radius 2 is 1.75 bits per heavy atom. The van der Waals surface area contributed by atoms with Crippen LogP contribution in [0, 0.1) is 0 Å². The van der Waals surface area contributed by atoms with Crippen LogP contribution in [-0.4, -0.2) is 41.8 Å². The van der Waals surface area contributed by atoms with Gasteiger partial charge in [-0.2, -0.15) is 0 Å². The van der Waals surface area contributed by atoms with Crippen molar-refractivity contribution in [3.8, 4) is 0 Å². The maximum Gasteiger partial charge on any atom is 0.290 e. The Hall–Kier alpha value is -3.54. The summed E-state index contributed by atoms with van der Waals surface area (Å²) in [5, 5.41) is 11.7. The molecule has 1 N–H and O–H groups in total. The summed E-state index contributed by atoms with van der Waals surface area (Å²) in [7, 11) is 3.92. The first-order chi connectivity index (χ1) is 15.5. The van der Waals surface area contributed by atoms with Gasteiger partial charge in [-0.3, -0.25) is 9.59 Å². The SMILES string of the molecule is CN(C)c1ccc(C2C(C(=O)c3cc4ccccc4o3)=C(O)C(=O)N2C2CCCC2)cc1. The Labute approximate surface area is 186 Å². The molecule has 0 spiro atoms. The van der Waals surface area contributed by atoms with Gasteiger partial charge in [0.15, 0.2) is 11.5 Å². The lowest BCUT2D eigenvalue weighted by molar-refractivity contribution is -0.131. The molecular formula is C26H26N2O4. The first-order valence-corrected chi connectivity index (χ1v) is 11.0. The number of ketones is 1. The van der Waals surface area contributed by atoms with E-state index in [1.807, 2.05) is 61.5 Å². The van der Waals surface area contributed by atoms with Crippen molar-refractivity contribution in [3.63, 3.8) is 0 Å². The van der Waals surface area contributed by atoms with E-state index in [4.69, 9.17) is 4.42 Å². The predicted octanol–water partition coefficient (Wildman–Crippen LogP) is 5.02. The van der Waals surface area contributed by atoms with E-state index in [1.54, 1.807) is 17.0 Å². The smallest absolute Gasteiger partial charge is 0.290 e. The highest BCUT2D eigenvalue weighted by molar-refractivity contribution is 6.16. The second kappa shape index (κ2) is 7.86. The van der Waals surface area contributed by atoms with Gasteiger partial charge in [0.1, 0.15) is 5.58 Å². The summed E-state index contributed by atoms with van der Waals surface area (Å²) in [6.45, 7) is 0. The molecule has 1 aliphatic heterocycles. The fourth-order valence-corrected chi connectivity index (χ4v) is 4.92. The summed E-state index contributed by atoms with van der Waals surface area (Å²) in [5.41, 5.74) is 2.52. The molecule has 1 unspecified atom stereocenters. The van der Waals surface area contributed by atoms with Gasteiger partial charge in [-0.15, -0.1) is 0 Å². The molecule has 164 valence electrons. The van der Waals surface area contributed by atoms with Gasteiger partial charge in [-0.1, -0.05) is 43.2 Å². The molecule has 32 heavy (non-hydrogen) atoms. The van der Waals surface area contributed by atoms with Gasteiger partial charge >= 0.3 is 0 Å². The maximum atomic E-state index is 13.6. The Kier molecular flexibility index (Phi) is 5.00. The average molecular weight is 431 g/mol. The number of carbonyl (C=O) groups excluding carboxylic acids is 2. The Morgan fingerprint density at radius 1 is 1.06 bits per heavy atom. The number of fused-ring (bicyclic) bond motifs is 1. The molecule has 6 nitrogen and oxygen atoms in total. The highest BCUT2D eigenvalue weighted by Gasteiger charge is 2.47. The topological polar surface area (TPSA) is 74.0 Å². The quantitative estimate of drug-likeness (QED) is 0.576. The van der Waals surface area contributed by atoms with E-state index in [9.17, 15) is 14.7 Å². The second-order valence-corrected chi connectivity index (χ2v) is 8.78. The van der Waals surface area contributed by atoms with E-state index in [2.05, 4.69) is 0 Å². The molecule has 0 saturated heterocycles. The molecule has 2 aromatic carbocycles. The lowest BCUT2D eigenvalue weighted by Crippen LogP contribution is -2.38. The fraction of sp³-hybridized carbons (Fsp3) is 0.308. The van der Waals surface area contributed by atoms with Crippen molar-refractivity contribution in [2.75, 3.05) is 19.0 Å². The Balaban J connectivity index is 1.60. The van der Waals surface area contributed by atoms with Gasteiger partial charge in [0.05, 0.1) is 11.6 Å². The molecule has 1 amide bonds. The van der Waals surface area contributed by atoms with Gasteiger partial charge in [0.25, 0.3) is 5.91 Å². The van der Waals surface area contributed by atoms with Gasteiger partial charge in [-0.05, 0) is 42.7 Å². The number of aliphatic hydroxyl groups excluding tert-OH is 1. The van der Waals surface area contributed by atoms with E-state index in [-0.39, 0.29) is 17.4 Å². The molecule has 5 rings (SSSR count). The molecule has 0 radical (unpaired) electrons. The normalized spacial score (nSPS) is 19.4. The van der Waals surface area contributed by atoms with Gasteiger partial charge in [0, 0.05) is 31.2 Å². The molecule has 1 aliphatic carbocycles. The van der Waals surface area contributed by atoms with Crippen molar-refractivity contribution in [2.45, 2.75) is 37.8 Å². The van der Waals surface area contributed by atoms with Crippen LogP contribution in [-0.2, 0) is 4.79 Å². The zero-order valence-electron chi connectivity index (χ0n) is 18.2. The number of rotatable bonds is 5. The van der Waals surface area contributed by atoms with Crippen LogP contribution in [0.3, 0.4) is 0 Å². The van der Waals surface area contributed by atoms with Crippen LogP contribution in [0.2, 0.25) is 0 Å². The van der Waals surface area contributed by atoms with Crippen molar-refractivity contribution in [2.24, 2.45) is 0 Å². The minimum Gasteiger partial charge on any atom is -0.503 e. The van der Waals surface area contributed by atoms with E-state index >= 15 is 0 Å². The zero-order valence-corrected chi connectivity index (χ0v) is 18.2. The number of hydrogen-bond acceptors (Lipinski definition) is 5. The molecule has 1 aromatic heterocycles. The largest absolute Gasteiger partial charge is 0.503 e. The van der Waals surface area contributed by atoms with Crippen LogP contribution in [0.25, 0.3) is 11.0 Å². The number of carbonyl (C=O) groups is 2. The van der Waals surface area contributed by atoms with Crippen molar-refractivity contribution in [3.05, 3.63) is 77.3 Å². The first-order valence-electron chi connectivity index (χ1n) is 11.0. The Bertz CT molecular complexity index is 1180. The van der Waals surface area contributed by atoms with E-state index < -0.39 is 23.5 Å². The minimum atomic E-state index is -0.637. The molecule has 3 aromatic rings. The number of nitrogens with zero attached hydrogens (tertiary/aromatic N) is 2. The number of furan rings is 1. The first kappa shape index (κ1) is 20.4. The number of benzene rings is 2.